The maximum atomic E-state index is 13.1. The lowest BCUT2D eigenvalue weighted by atomic mass is 10.1. The van der Waals surface area contributed by atoms with Gasteiger partial charge in [0.15, 0.2) is 0 Å². The summed E-state index contributed by atoms with van der Waals surface area (Å²) in [4.78, 5) is 4.23. The number of halogens is 1. The van der Waals surface area contributed by atoms with Crippen molar-refractivity contribution in [1.82, 2.24) is 4.98 Å². The molecule has 82 valence electrons. The molecule has 0 aliphatic heterocycles. The second-order valence-corrected chi connectivity index (χ2v) is 4.02. The van der Waals surface area contributed by atoms with E-state index in [1.807, 2.05) is 6.07 Å². The summed E-state index contributed by atoms with van der Waals surface area (Å²) in [5, 5.41) is 8.88. The van der Waals surface area contributed by atoms with Crippen molar-refractivity contribution in [3.63, 3.8) is 0 Å². The van der Waals surface area contributed by atoms with Gasteiger partial charge in [-0.3, -0.25) is 0 Å². The van der Waals surface area contributed by atoms with Gasteiger partial charge in [0.25, 0.3) is 0 Å². The molecule has 0 radical (unpaired) electrons. The van der Waals surface area contributed by atoms with Gasteiger partial charge < -0.3 is 5.73 Å². The van der Waals surface area contributed by atoms with E-state index in [-0.39, 0.29) is 11.6 Å². The van der Waals surface area contributed by atoms with Crippen molar-refractivity contribution in [3.05, 3.63) is 46.8 Å². The summed E-state index contributed by atoms with van der Waals surface area (Å²) >= 11 is 0. The Bertz CT molecular complexity index is 671. The first-order valence-corrected chi connectivity index (χ1v) is 5.17. The molecule has 1 aliphatic carbocycles. The van der Waals surface area contributed by atoms with Crippen molar-refractivity contribution >= 4 is 5.82 Å². The molecule has 2 N–H and O–H groups in total. The van der Waals surface area contributed by atoms with Crippen LogP contribution in [0.3, 0.4) is 0 Å². The molecule has 0 bridgehead atoms. The lowest BCUT2D eigenvalue weighted by Crippen LogP contribution is -1.97. The minimum absolute atomic E-state index is 0.225. The number of anilines is 1. The number of nitrogens with two attached hydrogens (primary N) is 1. The number of aromatic nitrogens is 1. The Kier molecular flexibility index (Phi) is 1.89. The van der Waals surface area contributed by atoms with E-state index in [1.165, 1.54) is 12.1 Å². The van der Waals surface area contributed by atoms with Gasteiger partial charge in [-0.1, -0.05) is 0 Å². The van der Waals surface area contributed by atoms with E-state index in [9.17, 15) is 4.39 Å². The first-order chi connectivity index (χ1) is 8.19. The van der Waals surface area contributed by atoms with Gasteiger partial charge in [0.05, 0.1) is 11.3 Å². The van der Waals surface area contributed by atoms with Crippen LogP contribution in [0.2, 0.25) is 0 Å². The van der Waals surface area contributed by atoms with Crippen molar-refractivity contribution in [2.75, 3.05) is 5.73 Å². The van der Waals surface area contributed by atoms with Gasteiger partial charge in [-0.2, -0.15) is 5.26 Å². The number of nitriles is 1. The summed E-state index contributed by atoms with van der Waals surface area (Å²) in [7, 11) is 0. The maximum Gasteiger partial charge on any atom is 0.142 e. The highest BCUT2D eigenvalue weighted by Gasteiger charge is 2.21. The Morgan fingerprint density at radius 1 is 1.29 bits per heavy atom. The fourth-order valence-electron chi connectivity index (χ4n) is 2.17. The number of nitrogens with zero attached hydrogens (tertiary/aromatic N) is 2. The van der Waals surface area contributed by atoms with Crippen LogP contribution in [0, 0.1) is 17.1 Å². The fraction of sp³-hybridized carbons (Fsp3) is 0.0769. The second-order valence-electron chi connectivity index (χ2n) is 4.02. The summed E-state index contributed by atoms with van der Waals surface area (Å²) in [6, 6.07) is 8.34. The Morgan fingerprint density at radius 2 is 2.12 bits per heavy atom. The van der Waals surface area contributed by atoms with E-state index in [2.05, 4.69) is 4.98 Å². The molecule has 1 aromatic carbocycles. The molecule has 17 heavy (non-hydrogen) atoms. The molecule has 3 nitrogen and oxygen atoms in total. The molecule has 0 unspecified atom stereocenters. The molecule has 2 aromatic rings. The average Bonchev–Trinajstić information content (AvgIpc) is 2.64. The number of nitrogen functional groups attached to an aromatic ring is 1. The molecule has 1 aromatic heterocycles. The van der Waals surface area contributed by atoms with Crippen LogP contribution in [-0.2, 0) is 6.42 Å². The molecule has 0 saturated carbocycles. The van der Waals surface area contributed by atoms with Crippen LogP contribution >= 0.6 is 0 Å². The Hall–Kier alpha value is -2.41. The van der Waals surface area contributed by atoms with E-state index in [4.69, 9.17) is 11.0 Å². The third-order valence-electron chi connectivity index (χ3n) is 2.95. The van der Waals surface area contributed by atoms with Crippen molar-refractivity contribution in [2.45, 2.75) is 6.42 Å². The zero-order chi connectivity index (χ0) is 12.0. The predicted molar refractivity (Wildman–Crippen MR) is 61.6 cm³/mol. The summed E-state index contributed by atoms with van der Waals surface area (Å²) in [6.07, 6.45) is 0.602. The second kappa shape index (κ2) is 3.29. The smallest absolute Gasteiger partial charge is 0.142 e. The highest BCUT2D eigenvalue weighted by Crippen LogP contribution is 2.36. The number of benzene rings is 1. The first-order valence-electron chi connectivity index (χ1n) is 5.17. The van der Waals surface area contributed by atoms with E-state index >= 15 is 0 Å². The highest BCUT2D eigenvalue weighted by atomic mass is 19.1. The molecule has 3 rings (SSSR count). The number of hydrogen-bond donors (Lipinski definition) is 1. The lowest BCUT2D eigenvalue weighted by molar-refractivity contribution is 0.626. The molecule has 0 spiro atoms. The molecule has 0 atom stereocenters. The minimum atomic E-state index is -0.259. The van der Waals surface area contributed by atoms with Gasteiger partial charge in [-0.15, -0.1) is 0 Å². The number of pyridine rings is 1. The molecule has 0 amide bonds. The largest absolute Gasteiger partial charge is 0.383 e. The van der Waals surface area contributed by atoms with Crippen molar-refractivity contribution in [3.8, 4) is 17.3 Å². The van der Waals surface area contributed by atoms with Gasteiger partial charge in [0, 0.05) is 12.0 Å². The van der Waals surface area contributed by atoms with Gasteiger partial charge >= 0.3 is 0 Å². The molecule has 0 saturated heterocycles. The van der Waals surface area contributed by atoms with Crippen LogP contribution in [0.4, 0.5) is 10.2 Å². The van der Waals surface area contributed by atoms with E-state index in [0.29, 0.717) is 12.0 Å². The van der Waals surface area contributed by atoms with Crippen molar-refractivity contribution < 1.29 is 4.39 Å². The molecule has 4 heteroatoms. The standard InChI is InChI=1S/C13H8FN3/c14-10-1-2-11-7(5-10)3-8-4-9(6-15)13(16)17-12(8)11/h1-2,4-5H,3H2,(H2,16,17). The third-order valence-corrected chi connectivity index (χ3v) is 2.95. The summed E-state index contributed by atoms with van der Waals surface area (Å²) in [5.41, 5.74) is 9.53. The molecule has 1 heterocycles. The highest BCUT2D eigenvalue weighted by molar-refractivity contribution is 5.76. The van der Waals surface area contributed by atoms with Crippen LogP contribution in [-0.4, -0.2) is 4.98 Å². The summed E-state index contributed by atoms with van der Waals surface area (Å²) in [5.74, 6) is -0.0338. The van der Waals surface area contributed by atoms with E-state index in [0.717, 1.165) is 22.4 Å². The molecular weight excluding hydrogens is 217 g/mol. The Labute approximate surface area is 97.3 Å². The quantitative estimate of drug-likeness (QED) is 0.638. The number of hydrogen-bond acceptors (Lipinski definition) is 3. The van der Waals surface area contributed by atoms with Gasteiger partial charge in [-0.05, 0) is 35.4 Å². The molecular formula is C13H8FN3. The first kappa shape index (κ1) is 9.79. The van der Waals surface area contributed by atoms with Crippen LogP contribution in [0.5, 0.6) is 0 Å². The molecule has 1 aliphatic rings. The average molecular weight is 225 g/mol. The lowest BCUT2D eigenvalue weighted by Gasteiger charge is -2.02. The maximum absolute atomic E-state index is 13.1. The minimum Gasteiger partial charge on any atom is -0.383 e. The van der Waals surface area contributed by atoms with Crippen LogP contribution < -0.4 is 5.73 Å². The molecule has 0 fully saturated rings. The Balaban J connectivity index is 2.24. The van der Waals surface area contributed by atoms with E-state index in [1.54, 1.807) is 12.1 Å². The van der Waals surface area contributed by atoms with Gasteiger partial charge in [0.1, 0.15) is 17.7 Å². The van der Waals surface area contributed by atoms with Crippen molar-refractivity contribution in [1.29, 1.82) is 5.26 Å². The fourth-order valence-corrected chi connectivity index (χ4v) is 2.17. The van der Waals surface area contributed by atoms with Gasteiger partial charge in [0.2, 0.25) is 0 Å². The van der Waals surface area contributed by atoms with Crippen LogP contribution in [0.25, 0.3) is 11.3 Å². The summed E-state index contributed by atoms with van der Waals surface area (Å²) < 4.78 is 13.1. The normalized spacial score (nSPS) is 11.8. The van der Waals surface area contributed by atoms with Crippen molar-refractivity contribution in [2.24, 2.45) is 0 Å². The number of rotatable bonds is 0. The van der Waals surface area contributed by atoms with E-state index < -0.39 is 0 Å². The SMILES string of the molecule is N#Cc1cc2c(nc1N)-c1ccc(F)cc1C2. The summed E-state index contributed by atoms with van der Waals surface area (Å²) in [6.45, 7) is 0. The van der Waals surface area contributed by atoms with Crippen LogP contribution in [0.1, 0.15) is 16.7 Å². The zero-order valence-corrected chi connectivity index (χ0v) is 8.87. The monoisotopic (exact) mass is 225 g/mol. The Morgan fingerprint density at radius 3 is 2.88 bits per heavy atom. The predicted octanol–water partition coefficient (Wildman–Crippen LogP) is 2.25. The zero-order valence-electron chi connectivity index (χ0n) is 8.87. The third kappa shape index (κ3) is 1.36. The number of fused-ring (bicyclic) bond motifs is 3. The van der Waals surface area contributed by atoms with Crippen LogP contribution in [0.15, 0.2) is 24.3 Å². The topological polar surface area (TPSA) is 62.7 Å². The van der Waals surface area contributed by atoms with Gasteiger partial charge in [-0.25, -0.2) is 9.37 Å².